The number of fused-ring (bicyclic) bond motifs is 6. The van der Waals surface area contributed by atoms with Crippen LogP contribution in [0.15, 0.2) is 158 Å². The van der Waals surface area contributed by atoms with E-state index < -0.39 is 0 Å². The van der Waals surface area contributed by atoms with E-state index in [1.165, 1.54) is 44.1 Å². The lowest BCUT2D eigenvalue weighted by molar-refractivity contribution is 1.11. The molecule has 206 valence electrons. The summed E-state index contributed by atoms with van der Waals surface area (Å²) in [5, 5.41) is 13.9. The van der Waals surface area contributed by atoms with E-state index in [2.05, 4.69) is 171 Å². The van der Waals surface area contributed by atoms with Gasteiger partial charge in [0.15, 0.2) is 11.5 Å². The summed E-state index contributed by atoms with van der Waals surface area (Å²) >= 11 is 0. The normalized spacial score (nSPS) is 11.6. The second kappa shape index (κ2) is 9.79. The van der Waals surface area contributed by atoms with Gasteiger partial charge in [0.25, 0.3) is 0 Å². The maximum atomic E-state index is 4.60. The molecule has 0 fully saturated rings. The summed E-state index contributed by atoms with van der Waals surface area (Å²) in [5.41, 5.74) is 10.2. The van der Waals surface area contributed by atoms with Crippen LogP contribution in [0.5, 0.6) is 0 Å². The van der Waals surface area contributed by atoms with E-state index in [9.17, 15) is 0 Å². The highest BCUT2D eigenvalue weighted by atomic mass is 15.2. The zero-order valence-corrected chi connectivity index (χ0v) is 23.8. The fourth-order valence-electron chi connectivity index (χ4n) is 6.49. The molecule has 4 heteroatoms. The number of hydrogen-bond donors (Lipinski definition) is 0. The Hall–Kier alpha value is -6.00. The first-order valence-electron chi connectivity index (χ1n) is 14.8. The van der Waals surface area contributed by atoms with Gasteiger partial charge in [0.2, 0.25) is 0 Å². The average molecular weight is 563 g/mol. The number of pyridine rings is 1. The molecule has 6 aromatic carbocycles. The molecule has 0 saturated heterocycles. The van der Waals surface area contributed by atoms with E-state index >= 15 is 0 Å². The Kier molecular flexibility index (Phi) is 5.47. The lowest BCUT2D eigenvalue weighted by Gasteiger charge is -2.11. The Morgan fingerprint density at radius 2 is 0.977 bits per heavy atom. The number of nitrogens with zero attached hydrogens (tertiary/aromatic N) is 4. The smallest absolute Gasteiger partial charge is 0.168 e. The standard InChI is InChI=1S/C40H26N4/c1-3-9-27(10-4-1)31-17-21-35-36-22-18-32(28-11-5-2-6-12-28)26-38(36)44(37(35)25-31)33-19-15-30(16-20-33)39-41-42-40-34-14-8-7-13-29(34)23-24-43(39)40/h1-26H. The molecule has 9 rings (SSSR count). The lowest BCUT2D eigenvalue weighted by Crippen LogP contribution is -1.95. The monoisotopic (exact) mass is 562 g/mol. The van der Waals surface area contributed by atoms with E-state index in [4.69, 9.17) is 0 Å². The van der Waals surface area contributed by atoms with E-state index in [1.807, 2.05) is 6.07 Å². The first-order valence-corrected chi connectivity index (χ1v) is 14.8. The molecular formula is C40H26N4. The summed E-state index contributed by atoms with van der Waals surface area (Å²) in [6.45, 7) is 0. The Bertz CT molecular complexity index is 2370. The van der Waals surface area contributed by atoms with Crippen molar-refractivity contribution in [1.82, 2.24) is 19.2 Å². The third-order valence-corrected chi connectivity index (χ3v) is 8.67. The predicted octanol–water partition coefficient (Wildman–Crippen LogP) is 9.98. The van der Waals surface area contributed by atoms with Crippen molar-refractivity contribution in [3.63, 3.8) is 0 Å². The van der Waals surface area contributed by atoms with Crippen molar-refractivity contribution in [2.24, 2.45) is 0 Å². The minimum Gasteiger partial charge on any atom is -0.309 e. The van der Waals surface area contributed by atoms with E-state index in [1.54, 1.807) is 0 Å². The van der Waals surface area contributed by atoms with Crippen molar-refractivity contribution < 1.29 is 0 Å². The predicted molar refractivity (Wildman–Crippen MR) is 181 cm³/mol. The molecule has 0 amide bonds. The quantitative estimate of drug-likeness (QED) is 0.214. The van der Waals surface area contributed by atoms with Crippen molar-refractivity contribution in [3.8, 4) is 39.3 Å². The first-order chi connectivity index (χ1) is 21.8. The van der Waals surface area contributed by atoms with Gasteiger partial charge in [-0.1, -0.05) is 109 Å². The Morgan fingerprint density at radius 1 is 0.409 bits per heavy atom. The van der Waals surface area contributed by atoms with Crippen molar-refractivity contribution in [2.45, 2.75) is 0 Å². The number of rotatable bonds is 4. The van der Waals surface area contributed by atoms with E-state index in [0.29, 0.717) is 0 Å². The largest absolute Gasteiger partial charge is 0.309 e. The van der Waals surface area contributed by atoms with Gasteiger partial charge in [0, 0.05) is 33.6 Å². The van der Waals surface area contributed by atoms with E-state index in [0.717, 1.165) is 33.5 Å². The van der Waals surface area contributed by atoms with Gasteiger partial charge in [-0.15, -0.1) is 10.2 Å². The molecule has 0 aliphatic rings. The molecule has 9 aromatic rings. The van der Waals surface area contributed by atoms with Crippen molar-refractivity contribution >= 4 is 38.2 Å². The van der Waals surface area contributed by atoms with Crippen LogP contribution in [-0.4, -0.2) is 19.2 Å². The van der Waals surface area contributed by atoms with Gasteiger partial charge in [0.05, 0.1) is 11.0 Å². The fraction of sp³-hybridized carbons (Fsp3) is 0. The van der Waals surface area contributed by atoms with Crippen LogP contribution in [0.2, 0.25) is 0 Å². The molecule has 0 aliphatic carbocycles. The van der Waals surface area contributed by atoms with Crippen LogP contribution in [0.3, 0.4) is 0 Å². The molecule has 3 aromatic heterocycles. The minimum atomic E-state index is 0.831. The third kappa shape index (κ3) is 3.85. The Morgan fingerprint density at radius 3 is 1.61 bits per heavy atom. The highest BCUT2D eigenvalue weighted by Gasteiger charge is 2.16. The van der Waals surface area contributed by atoms with Gasteiger partial charge in [-0.3, -0.25) is 4.40 Å². The summed E-state index contributed by atoms with van der Waals surface area (Å²) < 4.78 is 4.47. The summed E-state index contributed by atoms with van der Waals surface area (Å²) in [4.78, 5) is 0. The van der Waals surface area contributed by atoms with Crippen LogP contribution in [-0.2, 0) is 0 Å². The van der Waals surface area contributed by atoms with Gasteiger partial charge in [-0.05, 0) is 70.1 Å². The molecule has 0 atom stereocenters. The summed E-state index contributed by atoms with van der Waals surface area (Å²) in [5.74, 6) is 0.831. The zero-order valence-electron chi connectivity index (χ0n) is 23.8. The molecule has 0 unspecified atom stereocenters. The van der Waals surface area contributed by atoms with Crippen molar-refractivity contribution in [1.29, 1.82) is 0 Å². The van der Waals surface area contributed by atoms with Crippen LogP contribution in [0.4, 0.5) is 0 Å². The topological polar surface area (TPSA) is 35.1 Å². The maximum absolute atomic E-state index is 4.60. The fourth-order valence-corrected chi connectivity index (χ4v) is 6.49. The van der Waals surface area contributed by atoms with Gasteiger partial charge in [-0.2, -0.15) is 0 Å². The molecule has 0 aliphatic heterocycles. The van der Waals surface area contributed by atoms with Crippen LogP contribution in [0.1, 0.15) is 0 Å². The SMILES string of the molecule is c1ccc(-c2ccc3c4ccc(-c5ccccc5)cc4n(-c4ccc(-c5nnc6c7ccccc7ccn56)cc4)c3c2)cc1. The van der Waals surface area contributed by atoms with Gasteiger partial charge in [0.1, 0.15) is 0 Å². The zero-order chi connectivity index (χ0) is 29.0. The Labute approximate surface area is 254 Å². The van der Waals surface area contributed by atoms with Gasteiger partial charge >= 0.3 is 0 Å². The van der Waals surface area contributed by atoms with Gasteiger partial charge in [-0.25, -0.2) is 0 Å². The van der Waals surface area contributed by atoms with Crippen LogP contribution < -0.4 is 0 Å². The summed E-state index contributed by atoms with van der Waals surface area (Å²) in [6, 6.07) is 53.9. The summed E-state index contributed by atoms with van der Waals surface area (Å²) in [7, 11) is 0. The first kappa shape index (κ1) is 24.6. The van der Waals surface area contributed by atoms with Crippen molar-refractivity contribution in [3.05, 3.63) is 158 Å². The van der Waals surface area contributed by atoms with Crippen LogP contribution in [0, 0.1) is 0 Å². The highest BCUT2D eigenvalue weighted by Crippen LogP contribution is 2.37. The van der Waals surface area contributed by atoms with Crippen LogP contribution in [0.25, 0.3) is 77.6 Å². The third-order valence-electron chi connectivity index (χ3n) is 8.67. The molecule has 3 heterocycles. The molecule has 44 heavy (non-hydrogen) atoms. The number of hydrogen-bond acceptors (Lipinski definition) is 2. The molecule has 0 bridgehead atoms. The van der Waals surface area contributed by atoms with E-state index in [-0.39, 0.29) is 0 Å². The molecular weight excluding hydrogens is 536 g/mol. The summed E-state index contributed by atoms with van der Waals surface area (Å²) in [6.07, 6.45) is 2.06. The second-order valence-corrected chi connectivity index (χ2v) is 11.2. The molecule has 0 N–H and O–H groups in total. The van der Waals surface area contributed by atoms with Crippen molar-refractivity contribution in [2.75, 3.05) is 0 Å². The Balaban J connectivity index is 1.23. The lowest BCUT2D eigenvalue weighted by atomic mass is 10.0. The second-order valence-electron chi connectivity index (χ2n) is 11.2. The number of benzene rings is 6. The maximum Gasteiger partial charge on any atom is 0.168 e. The highest BCUT2D eigenvalue weighted by molar-refractivity contribution is 6.11. The average Bonchev–Trinajstić information content (AvgIpc) is 3.68. The molecule has 0 saturated carbocycles. The molecule has 4 nitrogen and oxygen atoms in total. The van der Waals surface area contributed by atoms with Gasteiger partial charge < -0.3 is 4.57 Å². The molecule has 0 spiro atoms. The molecule has 0 radical (unpaired) electrons. The van der Waals surface area contributed by atoms with Crippen LogP contribution >= 0.6 is 0 Å². The minimum absolute atomic E-state index is 0.831. The number of aromatic nitrogens is 4.